The molecule has 0 unspecified atom stereocenters. The van der Waals surface area contributed by atoms with E-state index in [4.69, 9.17) is 0 Å². The summed E-state index contributed by atoms with van der Waals surface area (Å²) in [5, 5.41) is 0. The molecule has 0 N–H and O–H groups in total. The van der Waals surface area contributed by atoms with E-state index < -0.39 is 10.0 Å². The molecule has 33 heavy (non-hydrogen) atoms. The second-order valence-electron chi connectivity index (χ2n) is 8.73. The highest BCUT2D eigenvalue weighted by Crippen LogP contribution is 2.24. The van der Waals surface area contributed by atoms with Gasteiger partial charge in [-0.05, 0) is 74.6 Å². The summed E-state index contributed by atoms with van der Waals surface area (Å²) >= 11 is 1.52. The Bertz CT molecular complexity index is 1330. The lowest BCUT2D eigenvalue weighted by Crippen LogP contribution is -2.31. The summed E-state index contributed by atoms with van der Waals surface area (Å²) in [5.74, 6) is -0.362. The molecule has 1 aliphatic heterocycles. The molecule has 0 radical (unpaired) electrons. The zero-order chi connectivity index (χ0) is 23.6. The van der Waals surface area contributed by atoms with E-state index in [2.05, 4.69) is 42.5 Å². The van der Waals surface area contributed by atoms with Crippen LogP contribution in [0.2, 0.25) is 0 Å². The minimum atomic E-state index is -3.54. The molecule has 3 aromatic rings. The van der Waals surface area contributed by atoms with E-state index in [0.717, 1.165) is 48.9 Å². The van der Waals surface area contributed by atoms with Gasteiger partial charge in [0.2, 0.25) is 10.0 Å². The topological polar surface area (TPSA) is 71.7 Å². The molecule has 1 fully saturated rings. The molecule has 0 spiro atoms. The molecule has 0 saturated carbocycles. The van der Waals surface area contributed by atoms with Gasteiger partial charge >= 0.3 is 0 Å². The zero-order valence-corrected chi connectivity index (χ0v) is 21.1. The molecule has 0 atom stereocenters. The number of carbonyl (C=O) groups excluding carboxylic acids is 1. The summed E-state index contributed by atoms with van der Waals surface area (Å²) < 4.78 is 30.8. The van der Waals surface area contributed by atoms with Crippen molar-refractivity contribution in [2.45, 2.75) is 64.3 Å². The maximum absolute atomic E-state index is 13.0. The highest BCUT2D eigenvalue weighted by Gasteiger charge is 2.25. The van der Waals surface area contributed by atoms with Crippen LogP contribution < -0.4 is 4.80 Å². The van der Waals surface area contributed by atoms with Gasteiger partial charge in [0.15, 0.2) is 4.80 Å². The molecular weight excluding hydrogens is 454 g/mol. The number of sulfonamides is 1. The Hall–Kier alpha value is -2.29. The van der Waals surface area contributed by atoms with Crippen LogP contribution in [0.1, 0.15) is 60.5 Å². The van der Waals surface area contributed by atoms with Crippen molar-refractivity contribution < 1.29 is 13.2 Å². The Labute approximate surface area is 199 Å². The highest BCUT2D eigenvalue weighted by molar-refractivity contribution is 7.89. The van der Waals surface area contributed by atoms with Gasteiger partial charge in [-0.15, -0.1) is 0 Å². The number of fused-ring (bicyclic) bond motifs is 1. The third-order valence-electron chi connectivity index (χ3n) is 6.06. The zero-order valence-electron chi connectivity index (χ0n) is 19.5. The van der Waals surface area contributed by atoms with Crippen LogP contribution in [0.15, 0.2) is 46.3 Å². The standard InChI is InChI=1S/C25H31N3O3S2/c1-4-13-28-22-17-18(2)16-19(3)23(22)32-25(28)26-24(29)20-9-11-21(12-10-20)33(30,31)27-14-7-5-6-8-15-27/h9-12,16-17H,4-8,13-15H2,1-3H3. The Morgan fingerprint density at radius 2 is 1.70 bits per heavy atom. The monoisotopic (exact) mass is 485 g/mol. The maximum Gasteiger partial charge on any atom is 0.279 e. The Balaban J connectivity index is 1.66. The molecule has 2 heterocycles. The summed E-state index contributed by atoms with van der Waals surface area (Å²) in [7, 11) is -3.54. The molecule has 1 aromatic heterocycles. The lowest BCUT2D eigenvalue weighted by Gasteiger charge is -2.19. The van der Waals surface area contributed by atoms with Crippen molar-refractivity contribution in [3.63, 3.8) is 0 Å². The molecule has 1 amide bonds. The van der Waals surface area contributed by atoms with Crippen LogP contribution >= 0.6 is 11.3 Å². The van der Waals surface area contributed by atoms with Crippen molar-refractivity contribution in [3.05, 3.63) is 57.9 Å². The number of carbonyl (C=O) groups is 1. The van der Waals surface area contributed by atoms with Crippen molar-refractivity contribution >= 4 is 37.5 Å². The van der Waals surface area contributed by atoms with E-state index in [1.165, 1.54) is 34.6 Å². The van der Waals surface area contributed by atoms with Gasteiger partial charge in [0.1, 0.15) is 0 Å². The van der Waals surface area contributed by atoms with Gasteiger partial charge in [-0.2, -0.15) is 9.30 Å². The fraction of sp³-hybridized carbons (Fsp3) is 0.440. The van der Waals surface area contributed by atoms with Gasteiger partial charge in [-0.25, -0.2) is 8.42 Å². The molecule has 4 rings (SSSR count). The predicted molar refractivity (Wildman–Crippen MR) is 133 cm³/mol. The lowest BCUT2D eigenvalue weighted by molar-refractivity contribution is 0.0997. The Kier molecular flexibility index (Phi) is 7.16. The molecular formula is C25H31N3O3S2. The van der Waals surface area contributed by atoms with Gasteiger partial charge in [0.05, 0.1) is 15.1 Å². The summed E-state index contributed by atoms with van der Waals surface area (Å²) in [4.78, 5) is 18.3. The van der Waals surface area contributed by atoms with Crippen molar-refractivity contribution in [3.8, 4) is 0 Å². The fourth-order valence-electron chi connectivity index (χ4n) is 4.39. The number of aromatic nitrogens is 1. The average Bonchev–Trinajstić information content (AvgIpc) is 2.96. The quantitative estimate of drug-likeness (QED) is 0.509. The van der Waals surface area contributed by atoms with Gasteiger partial charge in [0.25, 0.3) is 5.91 Å². The lowest BCUT2D eigenvalue weighted by atomic mass is 10.1. The molecule has 2 aromatic carbocycles. The minimum Gasteiger partial charge on any atom is -0.316 e. The van der Waals surface area contributed by atoms with E-state index in [0.29, 0.717) is 23.5 Å². The fourth-order valence-corrected chi connectivity index (χ4v) is 7.01. The normalized spacial score (nSPS) is 16.3. The van der Waals surface area contributed by atoms with Crippen molar-refractivity contribution in [1.82, 2.24) is 8.87 Å². The summed E-state index contributed by atoms with van der Waals surface area (Å²) in [6.45, 7) is 8.15. The number of amides is 1. The van der Waals surface area contributed by atoms with Gasteiger partial charge < -0.3 is 4.57 Å². The molecule has 8 heteroatoms. The van der Waals surface area contributed by atoms with Crippen LogP contribution in [-0.2, 0) is 16.6 Å². The third-order valence-corrected chi connectivity index (χ3v) is 9.21. The first-order valence-electron chi connectivity index (χ1n) is 11.6. The van der Waals surface area contributed by atoms with Crippen LogP contribution in [0.4, 0.5) is 0 Å². The van der Waals surface area contributed by atoms with Crippen LogP contribution in [0.3, 0.4) is 0 Å². The van der Waals surface area contributed by atoms with E-state index in [-0.39, 0.29) is 10.8 Å². The van der Waals surface area contributed by atoms with Crippen LogP contribution in [0.25, 0.3) is 10.2 Å². The molecule has 1 saturated heterocycles. The summed E-state index contributed by atoms with van der Waals surface area (Å²) in [6.07, 6.45) is 4.84. The van der Waals surface area contributed by atoms with Crippen molar-refractivity contribution in [2.75, 3.05) is 13.1 Å². The van der Waals surface area contributed by atoms with Gasteiger partial charge in [0, 0.05) is 25.2 Å². The first-order chi connectivity index (χ1) is 15.8. The van der Waals surface area contributed by atoms with Crippen LogP contribution in [-0.4, -0.2) is 36.3 Å². The van der Waals surface area contributed by atoms with Crippen molar-refractivity contribution in [2.24, 2.45) is 4.99 Å². The first-order valence-corrected chi connectivity index (χ1v) is 13.9. The summed E-state index contributed by atoms with van der Waals surface area (Å²) in [5.41, 5.74) is 3.85. The molecule has 0 aliphatic carbocycles. The Morgan fingerprint density at radius 3 is 2.33 bits per heavy atom. The molecule has 176 valence electrons. The van der Waals surface area contributed by atoms with Crippen LogP contribution in [0.5, 0.6) is 0 Å². The van der Waals surface area contributed by atoms with Gasteiger partial charge in [-0.3, -0.25) is 4.79 Å². The minimum absolute atomic E-state index is 0.231. The Morgan fingerprint density at radius 1 is 1.03 bits per heavy atom. The molecule has 0 bridgehead atoms. The van der Waals surface area contributed by atoms with E-state index in [1.54, 1.807) is 16.4 Å². The average molecular weight is 486 g/mol. The number of nitrogens with zero attached hydrogens (tertiary/aromatic N) is 3. The second-order valence-corrected chi connectivity index (χ2v) is 11.6. The number of aryl methyl sites for hydroxylation is 3. The van der Waals surface area contributed by atoms with E-state index >= 15 is 0 Å². The SMILES string of the molecule is CCCn1c(=NC(=O)c2ccc(S(=O)(=O)N3CCCCCC3)cc2)sc2c(C)cc(C)cc21. The molecule has 1 aliphatic rings. The van der Waals surface area contributed by atoms with Crippen LogP contribution in [0, 0.1) is 13.8 Å². The largest absolute Gasteiger partial charge is 0.316 e. The molecule has 6 nitrogen and oxygen atoms in total. The number of thiazole rings is 1. The van der Waals surface area contributed by atoms with E-state index in [9.17, 15) is 13.2 Å². The number of hydrogen-bond donors (Lipinski definition) is 0. The first kappa shape index (κ1) is 23.9. The maximum atomic E-state index is 13.0. The smallest absolute Gasteiger partial charge is 0.279 e. The second kappa shape index (κ2) is 9.91. The highest BCUT2D eigenvalue weighted by atomic mass is 32.2. The summed E-state index contributed by atoms with van der Waals surface area (Å²) in [6, 6.07) is 10.5. The van der Waals surface area contributed by atoms with E-state index in [1.807, 2.05) is 0 Å². The third kappa shape index (κ3) is 4.98. The number of rotatable bonds is 5. The predicted octanol–water partition coefficient (Wildman–Crippen LogP) is 5.04. The van der Waals surface area contributed by atoms with Gasteiger partial charge in [-0.1, -0.05) is 37.2 Å². The number of hydrogen-bond acceptors (Lipinski definition) is 4. The van der Waals surface area contributed by atoms with Crippen molar-refractivity contribution in [1.29, 1.82) is 0 Å². The number of benzene rings is 2.